The highest BCUT2D eigenvalue weighted by molar-refractivity contribution is 7.07. The lowest BCUT2D eigenvalue weighted by Gasteiger charge is -2.24. The van der Waals surface area contributed by atoms with Crippen molar-refractivity contribution < 1.29 is 9.53 Å². The zero-order chi connectivity index (χ0) is 19.1. The Morgan fingerprint density at radius 3 is 2.67 bits per heavy atom. The van der Waals surface area contributed by atoms with E-state index in [4.69, 9.17) is 4.74 Å². The third-order valence-corrected chi connectivity index (χ3v) is 4.95. The Hall–Kier alpha value is -2.70. The lowest BCUT2D eigenvalue weighted by atomic mass is 10.1. The molecular formula is C21H23N3O2S. The number of carbonyl (C=O) groups excluding carboxylic acids is 1. The number of benzene rings is 1. The van der Waals surface area contributed by atoms with Crippen molar-refractivity contribution in [1.29, 1.82) is 0 Å². The Bertz CT molecular complexity index is 834. The van der Waals surface area contributed by atoms with E-state index in [0.717, 1.165) is 11.3 Å². The van der Waals surface area contributed by atoms with Gasteiger partial charge in [-0.15, -0.1) is 0 Å². The minimum absolute atomic E-state index is 0.0871. The summed E-state index contributed by atoms with van der Waals surface area (Å²) in [5.41, 5.74) is 2.83. The Labute approximate surface area is 163 Å². The van der Waals surface area contributed by atoms with E-state index in [2.05, 4.69) is 32.0 Å². The van der Waals surface area contributed by atoms with Crippen molar-refractivity contribution in [2.24, 2.45) is 0 Å². The molecule has 3 aromatic rings. The van der Waals surface area contributed by atoms with Crippen LogP contribution in [0, 0.1) is 0 Å². The molecule has 0 spiro atoms. The molecule has 0 radical (unpaired) electrons. The van der Waals surface area contributed by atoms with Crippen molar-refractivity contribution in [3.63, 3.8) is 0 Å². The molecule has 0 bridgehead atoms. The highest BCUT2D eigenvalue weighted by Gasteiger charge is 2.16. The van der Waals surface area contributed by atoms with Crippen molar-refractivity contribution in [2.75, 3.05) is 20.6 Å². The smallest absolute Gasteiger partial charge is 0.251 e. The van der Waals surface area contributed by atoms with E-state index in [1.807, 2.05) is 38.4 Å². The summed E-state index contributed by atoms with van der Waals surface area (Å²) in [5.74, 6) is 0.635. The van der Waals surface area contributed by atoms with Gasteiger partial charge in [0.15, 0.2) is 0 Å². The summed E-state index contributed by atoms with van der Waals surface area (Å²) < 4.78 is 5.73. The monoisotopic (exact) mass is 381 g/mol. The maximum absolute atomic E-state index is 12.5. The first-order chi connectivity index (χ1) is 13.1. The Morgan fingerprint density at radius 2 is 2.04 bits per heavy atom. The number of hydrogen-bond donors (Lipinski definition) is 1. The van der Waals surface area contributed by atoms with E-state index in [0.29, 0.717) is 18.7 Å². The van der Waals surface area contributed by atoms with Gasteiger partial charge >= 0.3 is 0 Å². The number of likely N-dealkylation sites (N-methyl/N-ethyl adjacent to an activating group) is 1. The van der Waals surface area contributed by atoms with Crippen molar-refractivity contribution in [1.82, 2.24) is 15.2 Å². The van der Waals surface area contributed by atoms with Crippen LogP contribution in [0.15, 0.2) is 65.6 Å². The van der Waals surface area contributed by atoms with Crippen LogP contribution < -0.4 is 10.1 Å². The molecule has 1 amide bonds. The second kappa shape index (κ2) is 9.30. The fraction of sp³-hybridized carbons (Fsp3) is 0.238. The van der Waals surface area contributed by atoms with Gasteiger partial charge < -0.3 is 15.0 Å². The zero-order valence-corrected chi connectivity index (χ0v) is 16.3. The summed E-state index contributed by atoms with van der Waals surface area (Å²) in [6.45, 7) is 1.01. The largest absolute Gasteiger partial charge is 0.489 e. The molecule has 0 fully saturated rings. The quantitative estimate of drug-likeness (QED) is 0.646. The number of carbonyl (C=O) groups is 1. The molecule has 1 N–H and O–H groups in total. The lowest BCUT2D eigenvalue weighted by Crippen LogP contribution is -2.34. The van der Waals surface area contributed by atoms with Crippen LogP contribution >= 0.6 is 11.3 Å². The predicted octanol–water partition coefficient (Wildman–Crippen LogP) is 3.75. The third kappa shape index (κ3) is 5.39. The molecule has 0 aliphatic rings. The molecule has 6 heteroatoms. The van der Waals surface area contributed by atoms with Crippen LogP contribution in [0.3, 0.4) is 0 Å². The first kappa shape index (κ1) is 19.1. The predicted molar refractivity (Wildman–Crippen MR) is 108 cm³/mol. The van der Waals surface area contributed by atoms with E-state index >= 15 is 0 Å². The van der Waals surface area contributed by atoms with Crippen LogP contribution in [-0.2, 0) is 6.61 Å². The van der Waals surface area contributed by atoms with Gasteiger partial charge in [-0.25, -0.2) is 0 Å². The molecule has 2 heterocycles. The summed E-state index contributed by atoms with van der Waals surface area (Å²) in [6.07, 6.45) is 3.51. The van der Waals surface area contributed by atoms with Crippen molar-refractivity contribution in [3.8, 4) is 5.75 Å². The van der Waals surface area contributed by atoms with Gasteiger partial charge in [0.05, 0.1) is 6.04 Å². The third-order valence-electron chi connectivity index (χ3n) is 4.25. The average Bonchev–Trinajstić information content (AvgIpc) is 3.22. The van der Waals surface area contributed by atoms with Gasteiger partial charge in [-0.05, 0) is 66.8 Å². The molecule has 1 atom stereocenters. The maximum Gasteiger partial charge on any atom is 0.251 e. The fourth-order valence-corrected chi connectivity index (χ4v) is 3.41. The summed E-state index contributed by atoms with van der Waals surface area (Å²) in [4.78, 5) is 18.6. The van der Waals surface area contributed by atoms with E-state index in [-0.39, 0.29) is 11.9 Å². The number of hydrogen-bond acceptors (Lipinski definition) is 5. The Balaban J connectivity index is 1.54. The Kier molecular flexibility index (Phi) is 6.57. The van der Waals surface area contributed by atoms with Crippen LogP contribution in [0.25, 0.3) is 0 Å². The second-order valence-corrected chi connectivity index (χ2v) is 7.20. The molecular weight excluding hydrogens is 358 g/mol. The molecule has 27 heavy (non-hydrogen) atoms. The molecule has 5 nitrogen and oxygen atoms in total. The van der Waals surface area contributed by atoms with E-state index in [1.54, 1.807) is 35.9 Å². The van der Waals surface area contributed by atoms with Crippen LogP contribution in [-0.4, -0.2) is 36.4 Å². The number of thiophene rings is 1. The number of ether oxygens (including phenoxy) is 1. The Morgan fingerprint density at radius 1 is 1.22 bits per heavy atom. The molecule has 0 aliphatic carbocycles. The average molecular weight is 382 g/mol. The van der Waals surface area contributed by atoms with Crippen LogP contribution in [0.1, 0.15) is 27.5 Å². The topological polar surface area (TPSA) is 54.5 Å². The molecule has 2 aromatic heterocycles. The summed E-state index contributed by atoms with van der Waals surface area (Å²) >= 11 is 1.66. The van der Waals surface area contributed by atoms with Crippen molar-refractivity contribution in [3.05, 3.63) is 82.3 Å². The van der Waals surface area contributed by atoms with Gasteiger partial charge in [0.2, 0.25) is 0 Å². The van der Waals surface area contributed by atoms with Crippen LogP contribution in [0.4, 0.5) is 0 Å². The second-order valence-electron chi connectivity index (χ2n) is 6.42. The summed E-state index contributed by atoms with van der Waals surface area (Å²) in [5, 5.41) is 7.19. The van der Waals surface area contributed by atoms with Crippen LogP contribution in [0.2, 0.25) is 0 Å². The minimum Gasteiger partial charge on any atom is -0.489 e. The highest BCUT2D eigenvalue weighted by Crippen LogP contribution is 2.20. The number of nitrogens with zero attached hydrogens (tertiary/aromatic N) is 2. The summed E-state index contributed by atoms with van der Waals surface area (Å²) in [6, 6.07) is 13.3. The zero-order valence-electron chi connectivity index (χ0n) is 15.5. The van der Waals surface area contributed by atoms with Gasteiger partial charge in [-0.1, -0.05) is 6.07 Å². The molecule has 3 rings (SSSR count). The van der Waals surface area contributed by atoms with E-state index < -0.39 is 0 Å². The number of amides is 1. The first-order valence-electron chi connectivity index (χ1n) is 8.72. The molecule has 1 aromatic carbocycles. The molecule has 1 unspecified atom stereocenters. The standard InChI is InChI=1S/C21H23N3O2S/c1-24(2)20(18-9-11-27-15-18)13-23-21(25)17-5-7-19(8-6-17)26-14-16-4-3-10-22-12-16/h3-12,15,20H,13-14H2,1-2H3,(H,23,25). The van der Waals surface area contributed by atoms with Gasteiger partial charge in [-0.3, -0.25) is 9.78 Å². The minimum atomic E-state index is -0.0871. The molecule has 140 valence electrons. The normalized spacial score (nSPS) is 12.0. The van der Waals surface area contributed by atoms with Gasteiger partial charge in [-0.2, -0.15) is 11.3 Å². The van der Waals surface area contributed by atoms with Gasteiger partial charge in [0.1, 0.15) is 12.4 Å². The van der Waals surface area contributed by atoms with Gasteiger partial charge in [0, 0.05) is 30.1 Å². The molecule has 0 saturated heterocycles. The lowest BCUT2D eigenvalue weighted by molar-refractivity contribution is 0.0942. The number of nitrogens with one attached hydrogen (secondary N) is 1. The highest BCUT2D eigenvalue weighted by atomic mass is 32.1. The van der Waals surface area contributed by atoms with E-state index in [1.165, 1.54) is 5.56 Å². The number of rotatable bonds is 8. The van der Waals surface area contributed by atoms with Gasteiger partial charge in [0.25, 0.3) is 5.91 Å². The maximum atomic E-state index is 12.5. The van der Waals surface area contributed by atoms with Crippen molar-refractivity contribution >= 4 is 17.2 Å². The fourth-order valence-electron chi connectivity index (χ4n) is 2.71. The number of pyridine rings is 1. The van der Waals surface area contributed by atoms with Crippen LogP contribution in [0.5, 0.6) is 5.75 Å². The molecule has 0 aliphatic heterocycles. The molecule has 0 saturated carbocycles. The van der Waals surface area contributed by atoms with E-state index in [9.17, 15) is 4.79 Å². The first-order valence-corrected chi connectivity index (χ1v) is 9.66. The summed E-state index contributed by atoms with van der Waals surface area (Å²) in [7, 11) is 4.03. The van der Waals surface area contributed by atoms with Crippen molar-refractivity contribution in [2.45, 2.75) is 12.6 Å². The SMILES string of the molecule is CN(C)C(CNC(=O)c1ccc(OCc2cccnc2)cc1)c1ccsc1. The number of aromatic nitrogens is 1.